The summed E-state index contributed by atoms with van der Waals surface area (Å²) < 4.78 is 12.2. The number of hydrogen-bond donors (Lipinski definition) is 2. The molecule has 6 heteroatoms. The molecule has 0 saturated carbocycles. The van der Waals surface area contributed by atoms with Crippen molar-refractivity contribution < 1.29 is 14.3 Å². The maximum atomic E-state index is 12.1. The van der Waals surface area contributed by atoms with E-state index in [0.717, 1.165) is 16.6 Å². The number of hydrogen-bond acceptors (Lipinski definition) is 4. The fourth-order valence-corrected chi connectivity index (χ4v) is 3.04. The molecule has 0 atom stereocenters. The molecule has 0 heterocycles. The SMILES string of the molecule is COc1ccc(Br)c(CNCc2ccccc2)c1OCC(=O)NC(C)(C)C. The molecule has 0 aromatic heterocycles. The second-order valence-corrected chi connectivity index (χ2v) is 8.09. The van der Waals surface area contributed by atoms with Crippen molar-refractivity contribution in [2.45, 2.75) is 39.4 Å². The average molecular weight is 435 g/mol. The molecule has 0 saturated heterocycles. The Hall–Kier alpha value is -2.05. The van der Waals surface area contributed by atoms with E-state index in [9.17, 15) is 4.79 Å². The summed E-state index contributed by atoms with van der Waals surface area (Å²) in [5.41, 5.74) is 1.80. The molecule has 0 bridgehead atoms. The van der Waals surface area contributed by atoms with Crippen LogP contribution in [0.25, 0.3) is 0 Å². The Morgan fingerprint density at radius 3 is 2.41 bits per heavy atom. The van der Waals surface area contributed by atoms with Crippen molar-refractivity contribution in [2.75, 3.05) is 13.7 Å². The molecule has 5 nitrogen and oxygen atoms in total. The lowest BCUT2D eigenvalue weighted by Gasteiger charge is -2.21. The van der Waals surface area contributed by atoms with Crippen LogP contribution in [0, 0.1) is 0 Å². The van der Waals surface area contributed by atoms with Crippen molar-refractivity contribution in [1.29, 1.82) is 0 Å². The normalized spacial score (nSPS) is 11.1. The number of rotatable bonds is 8. The van der Waals surface area contributed by atoms with Gasteiger partial charge in [-0.05, 0) is 38.5 Å². The second kappa shape index (κ2) is 9.76. The molecule has 2 N–H and O–H groups in total. The lowest BCUT2D eigenvalue weighted by Crippen LogP contribution is -2.43. The van der Waals surface area contributed by atoms with Gasteiger partial charge in [-0.15, -0.1) is 0 Å². The molecule has 2 rings (SSSR count). The third-order valence-electron chi connectivity index (χ3n) is 3.72. The maximum absolute atomic E-state index is 12.1. The standard InChI is InChI=1S/C21H27BrN2O3/c1-21(2,3)24-19(25)14-27-20-16(17(22)10-11-18(20)26-4)13-23-12-15-8-6-5-7-9-15/h5-11,23H,12-14H2,1-4H3,(H,24,25). The summed E-state index contributed by atoms with van der Waals surface area (Å²) >= 11 is 3.58. The summed E-state index contributed by atoms with van der Waals surface area (Å²) in [6.07, 6.45) is 0. The monoisotopic (exact) mass is 434 g/mol. The van der Waals surface area contributed by atoms with E-state index in [4.69, 9.17) is 9.47 Å². The molecule has 0 spiro atoms. The molecule has 0 unspecified atom stereocenters. The van der Waals surface area contributed by atoms with Crippen molar-refractivity contribution >= 4 is 21.8 Å². The summed E-state index contributed by atoms with van der Waals surface area (Å²) in [7, 11) is 1.59. The number of methoxy groups -OCH3 is 1. The van der Waals surface area contributed by atoms with E-state index in [0.29, 0.717) is 18.0 Å². The first-order chi connectivity index (χ1) is 12.8. The van der Waals surface area contributed by atoms with E-state index in [1.54, 1.807) is 7.11 Å². The number of amides is 1. The minimum absolute atomic E-state index is 0.0736. The van der Waals surface area contributed by atoms with Crippen LogP contribution in [0.5, 0.6) is 11.5 Å². The number of nitrogens with one attached hydrogen (secondary N) is 2. The van der Waals surface area contributed by atoms with E-state index in [1.165, 1.54) is 5.56 Å². The predicted octanol–water partition coefficient (Wildman–Crippen LogP) is 4.04. The largest absolute Gasteiger partial charge is 0.493 e. The van der Waals surface area contributed by atoms with E-state index in [2.05, 4.69) is 38.7 Å². The van der Waals surface area contributed by atoms with E-state index >= 15 is 0 Å². The fourth-order valence-electron chi connectivity index (χ4n) is 2.59. The van der Waals surface area contributed by atoms with Gasteiger partial charge in [-0.1, -0.05) is 46.3 Å². The van der Waals surface area contributed by atoms with Crippen LogP contribution in [-0.2, 0) is 17.9 Å². The van der Waals surface area contributed by atoms with E-state index < -0.39 is 0 Å². The molecule has 27 heavy (non-hydrogen) atoms. The van der Waals surface area contributed by atoms with Crippen LogP contribution < -0.4 is 20.1 Å². The smallest absolute Gasteiger partial charge is 0.258 e. The Morgan fingerprint density at radius 1 is 1.07 bits per heavy atom. The molecule has 1 amide bonds. The van der Waals surface area contributed by atoms with E-state index in [1.807, 2.05) is 51.1 Å². The van der Waals surface area contributed by atoms with Crippen molar-refractivity contribution in [1.82, 2.24) is 10.6 Å². The molecule has 0 fully saturated rings. The van der Waals surface area contributed by atoms with Crippen molar-refractivity contribution in [3.05, 3.63) is 58.1 Å². The van der Waals surface area contributed by atoms with Gasteiger partial charge in [0, 0.05) is 28.7 Å². The predicted molar refractivity (Wildman–Crippen MR) is 111 cm³/mol. The van der Waals surface area contributed by atoms with Gasteiger partial charge in [0.25, 0.3) is 5.91 Å². The highest BCUT2D eigenvalue weighted by Crippen LogP contribution is 2.36. The molecular formula is C21H27BrN2O3. The van der Waals surface area contributed by atoms with Crippen LogP contribution in [0.2, 0.25) is 0 Å². The summed E-state index contributed by atoms with van der Waals surface area (Å²) in [6.45, 7) is 7.03. The molecular weight excluding hydrogens is 408 g/mol. The number of ether oxygens (including phenoxy) is 2. The zero-order chi connectivity index (χ0) is 19.9. The Morgan fingerprint density at radius 2 is 1.78 bits per heavy atom. The van der Waals surface area contributed by atoms with Crippen molar-refractivity contribution in [2.24, 2.45) is 0 Å². The molecule has 146 valence electrons. The molecule has 2 aromatic carbocycles. The zero-order valence-electron chi connectivity index (χ0n) is 16.3. The summed E-state index contributed by atoms with van der Waals surface area (Å²) in [5, 5.41) is 6.30. The quantitative estimate of drug-likeness (QED) is 0.657. The van der Waals surface area contributed by atoms with Gasteiger partial charge in [0.1, 0.15) is 0 Å². The van der Waals surface area contributed by atoms with Gasteiger partial charge in [-0.3, -0.25) is 4.79 Å². The van der Waals surface area contributed by atoms with Crippen LogP contribution in [-0.4, -0.2) is 25.2 Å². The van der Waals surface area contributed by atoms with Gasteiger partial charge in [-0.25, -0.2) is 0 Å². The Balaban J connectivity index is 2.09. The van der Waals surface area contributed by atoms with Gasteiger partial charge in [0.2, 0.25) is 0 Å². The van der Waals surface area contributed by atoms with Crippen LogP contribution in [0.1, 0.15) is 31.9 Å². The third kappa shape index (κ3) is 6.88. The highest BCUT2D eigenvalue weighted by molar-refractivity contribution is 9.10. The molecule has 0 aliphatic carbocycles. The van der Waals surface area contributed by atoms with Crippen LogP contribution in [0.15, 0.2) is 46.9 Å². The molecule has 0 radical (unpaired) electrons. The van der Waals surface area contributed by atoms with Crippen LogP contribution in [0.4, 0.5) is 0 Å². The molecule has 0 aliphatic heterocycles. The minimum Gasteiger partial charge on any atom is -0.493 e. The average Bonchev–Trinajstić information content (AvgIpc) is 2.61. The van der Waals surface area contributed by atoms with Gasteiger partial charge in [-0.2, -0.15) is 0 Å². The first-order valence-electron chi connectivity index (χ1n) is 8.84. The second-order valence-electron chi connectivity index (χ2n) is 7.23. The van der Waals surface area contributed by atoms with Gasteiger partial charge in [0.15, 0.2) is 18.1 Å². The summed E-state index contributed by atoms with van der Waals surface area (Å²) in [5.74, 6) is 0.988. The van der Waals surface area contributed by atoms with Gasteiger partial charge >= 0.3 is 0 Å². The lowest BCUT2D eigenvalue weighted by molar-refractivity contribution is -0.124. The summed E-state index contributed by atoms with van der Waals surface area (Å²) in [6, 6.07) is 13.9. The zero-order valence-corrected chi connectivity index (χ0v) is 17.9. The lowest BCUT2D eigenvalue weighted by atomic mass is 10.1. The number of benzene rings is 2. The molecule has 0 aliphatic rings. The van der Waals surface area contributed by atoms with Crippen molar-refractivity contribution in [3.63, 3.8) is 0 Å². The van der Waals surface area contributed by atoms with Gasteiger partial charge in [0.05, 0.1) is 7.11 Å². The highest BCUT2D eigenvalue weighted by Gasteiger charge is 2.18. The van der Waals surface area contributed by atoms with Crippen LogP contribution in [0.3, 0.4) is 0 Å². The fraction of sp³-hybridized carbons (Fsp3) is 0.381. The number of carbonyl (C=O) groups is 1. The van der Waals surface area contributed by atoms with Crippen molar-refractivity contribution in [3.8, 4) is 11.5 Å². The number of carbonyl (C=O) groups excluding carboxylic acids is 1. The first-order valence-corrected chi connectivity index (χ1v) is 9.63. The van der Waals surface area contributed by atoms with E-state index in [-0.39, 0.29) is 18.1 Å². The Kier molecular flexibility index (Phi) is 7.68. The Bertz CT molecular complexity index is 758. The minimum atomic E-state index is -0.304. The topological polar surface area (TPSA) is 59.6 Å². The number of halogens is 1. The first kappa shape index (κ1) is 21.3. The third-order valence-corrected chi connectivity index (χ3v) is 4.47. The highest BCUT2D eigenvalue weighted by atomic mass is 79.9. The Labute approximate surface area is 169 Å². The maximum Gasteiger partial charge on any atom is 0.258 e. The van der Waals surface area contributed by atoms with Crippen LogP contribution >= 0.6 is 15.9 Å². The summed E-state index contributed by atoms with van der Waals surface area (Å²) in [4.78, 5) is 12.1. The molecule has 2 aromatic rings. The van der Waals surface area contributed by atoms with Gasteiger partial charge < -0.3 is 20.1 Å².